The predicted octanol–water partition coefficient (Wildman–Crippen LogP) is 4.81. The van der Waals surface area contributed by atoms with Crippen molar-refractivity contribution < 1.29 is 33.8 Å². The van der Waals surface area contributed by atoms with Gasteiger partial charge < -0.3 is 29.7 Å². The lowest BCUT2D eigenvalue weighted by molar-refractivity contribution is -0.160. The summed E-state index contributed by atoms with van der Waals surface area (Å²) in [5.74, 6) is -4.02. The molecule has 0 saturated carbocycles. The molecule has 264 valence electrons. The van der Waals surface area contributed by atoms with E-state index in [-0.39, 0.29) is 25.4 Å². The summed E-state index contributed by atoms with van der Waals surface area (Å²) in [4.78, 5) is 60.6. The summed E-state index contributed by atoms with van der Waals surface area (Å²) in [6, 6.07) is 29.7. The minimum absolute atomic E-state index is 0.0503. The van der Waals surface area contributed by atoms with Crippen LogP contribution in [0.4, 0.5) is 5.69 Å². The van der Waals surface area contributed by atoms with Crippen molar-refractivity contribution in [1.82, 2.24) is 10.2 Å². The number of hydrogen-bond donors (Lipinski definition) is 2. The monoisotopic (exact) mass is 697 g/mol. The maximum Gasteiger partial charge on any atom is 0.313 e. The Hall–Kier alpha value is -5.58. The molecule has 4 heterocycles. The van der Waals surface area contributed by atoms with Crippen molar-refractivity contribution in [1.29, 1.82) is 0 Å². The van der Waals surface area contributed by atoms with E-state index in [0.717, 1.165) is 10.8 Å². The Kier molecular flexibility index (Phi) is 8.94. The van der Waals surface area contributed by atoms with Crippen LogP contribution < -0.4 is 10.2 Å². The first-order valence-corrected chi connectivity index (χ1v) is 17.7. The van der Waals surface area contributed by atoms with Gasteiger partial charge in [-0.2, -0.15) is 0 Å². The van der Waals surface area contributed by atoms with Crippen LogP contribution in [0.3, 0.4) is 0 Å². The van der Waals surface area contributed by atoms with Crippen molar-refractivity contribution in [3.05, 3.63) is 139 Å². The molecule has 2 saturated heterocycles. The highest BCUT2D eigenvalue weighted by molar-refractivity contribution is 6.06. The number of cyclic esters (lactones) is 1. The van der Waals surface area contributed by atoms with Crippen molar-refractivity contribution in [2.24, 2.45) is 11.8 Å². The highest BCUT2D eigenvalue weighted by atomic mass is 16.6. The molecule has 0 radical (unpaired) electrons. The maximum absolute atomic E-state index is 15.2. The number of fused-ring (bicyclic) bond motifs is 3. The first-order valence-electron chi connectivity index (χ1n) is 17.7. The summed E-state index contributed by atoms with van der Waals surface area (Å²) in [7, 11) is 0. The molecule has 2 N–H and O–H groups in total. The van der Waals surface area contributed by atoms with E-state index in [0.29, 0.717) is 23.2 Å². The largest absolute Gasteiger partial charge is 0.455 e. The van der Waals surface area contributed by atoms with E-state index in [4.69, 9.17) is 9.47 Å². The second-order valence-electron chi connectivity index (χ2n) is 13.7. The number of aliphatic hydroxyl groups is 1. The van der Waals surface area contributed by atoms with E-state index < -0.39 is 66.1 Å². The van der Waals surface area contributed by atoms with E-state index in [1.807, 2.05) is 109 Å². The number of carbonyl (C=O) groups excluding carboxylic acids is 4. The van der Waals surface area contributed by atoms with Gasteiger partial charge in [0.1, 0.15) is 23.7 Å². The first kappa shape index (κ1) is 33.6. The van der Waals surface area contributed by atoms with E-state index in [1.165, 1.54) is 4.90 Å². The van der Waals surface area contributed by atoms with Crippen LogP contribution in [0.25, 0.3) is 10.8 Å². The third-order valence-electron chi connectivity index (χ3n) is 10.7. The SMILES string of the molecule is O=C1CC/C=C\[C@H]2O[C@]34C=CCN(c5ccc6ccccc6c5)C(=O)[C@H]3N([C@H](CO)c3ccccc3)C(=O)[C@@H]4[C@H]2C(=O)O[C@H](c2ccccc2)CN1. The molecule has 10 heteroatoms. The van der Waals surface area contributed by atoms with Crippen molar-refractivity contribution in [3.63, 3.8) is 0 Å². The summed E-state index contributed by atoms with van der Waals surface area (Å²) >= 11 is 0. The lowest BCUT2D eigenvalue weighted by atomic mass is 9.77. The molecule has 0 aliphatic carbocycles. The highest BCUT2D eigenvalue weighted by Gasteiger charge is 2.72. The number of amides is 3. The van der Waals surface area contributed by atoms with Gasteiger partial charge in [-0.25, -0.2) is 0 Å². The van der Waals surface area contributed by atoms with Crippen LogP contribution in [-0.4, -0.2) is 71.1 Å². The third-order valence-corrected chi connectivity index (χ3v) is 10.7. The predicted molar refractivity (Wildman–Crippen MR) is 194 cm³/mol. The molecule has 10 nitrogen and oxygen atoms in total. The summed E-state index contributed by atoms with van der Waals surface area (Å²) in [6.07, 6.45) is 5.92. The number of rotatable bonds is 5. The molecule has 4 aliphatic heterocycles. The average molecular weight is 698 g/mol. The highest BCUT2D eigenvalue weighted by Crippen LogP contribution is 2.55. The van der Waals surface area contributed by atoms with Crippen molar-refractivity contribution in [3.8, 4) is 0 Å². The third kappa shape index (κ3) is 5.78. The number of aliphatic hydroxyl groups excluding tert-OH is 1. The van der Waals surface area contributed by atoms with Gasteiger partial charge in [0.2, 0.25) is 11.8 Å². The number of allylic oxidation sites excluding steroid dienone is 1. The Bertz CT molecular complexity index is 2070. The maximum atomic E-state index is 15.2. The quantitative estimate of drug-likeness (QED) is 0.227. The fraction of sp³-hybridized carbons (Fsp3) is 0.286. The Morgan fingerprint density at radius 2 is 1.58 bits per heavy atom. The van der Waals surface area contributed by atoms with Crippen LogP contribution in [0, 0.1) is 11.8 Å². The molecule has 7 atom stereocenters. The molecule has 8 rings (SSSR count). The molecular weight excluding hydrogens is 658 g/mol. The van der Waals surface area contributed by atoms with Crippen molar-refractivity contribution in [2.45, 2.75) is 42.7 Å². The van der Waals surface area contributed by atoms with Crippen LogP contribution in [0.2, 0.25) is 0 Å². The van der Waals surface area contributed by atoms with Crippen molar-refractivity contribution in [2.75, 3.05) is 24.6 Å². The van der Waals surface area contributed by atoms with Crippen molar-refractivity contribution >= 4 is 40.2 Å². The van der Waals surface area contributed by atoms with Crippen LogP contribution in [-0.2, 0) is 28.7 Å². The summed E-state index contributed by atoms with van der Waals surface area (Å²) in [5, 5.41) is 15.8. The average Bonchev–Trinajstić information content (AvgIpc) is 3.56. The molecule has 4 aromatic rings. The first-order chi connectivity index (χ1) is 25.4. The van der Waals surface area contributed by atoms with Gasteiger partial charge in [0.15, 0.2) is 0 Å². The fourth-order valence-corrected chi connectivity index (χ4v) is 8.29. The molecule has 0 unspecified atom stereocenters. The number of carbonyl (C=O) groups is 4. The van der Waals surface area contributed by atoms with E-state index in [9.17, 15) is 14.7 Å². The number of benzene rings is 4. The minimum atomic E-state index is -1.57. The molecule has 4 aromatic carbocycles. The number of likely N-dealkylation sites (tertiary alicyclic amines) is 1. The van der Waals surface area contributed by atoms with Crippen LogP contribution in [0.5, 0.6) is 0 Å². The van der Waals surface area contributed by atoms with Crippen LogP contribution in [0.15, 0.2) is 127 Å². The number of anilines is 1. The van der Waals surface area contributed by atoms with Gasteiger partial charge in [0.05, 0.1) is 31.2 Å². The molecule has 0 aromatic heterocycles. The molecule has 1 spiro atoms. The zero-order valence-electron chi connectivity index (χ0n) is 28.4. The topological polar surface area (TPSA) is 125 Å². The second kappa shape index (κ2) is 13.9. The van der Waals surface area contributed by atoms with Gasteiger partial charge in [-0.1, -0.05) is 115 Å². The van der Waals surface area contributed by atoms with Gasteiger partial charge in [-0.15, -0.1) is 0 Å². The molecule has 3 amide bonds. The number of ether oxygens (including phenoxy) is 2. The van der Waals surface area contributed by atoms with Gasteiger partial charge in [-0.3, -0.25) is 19.2 Å². The summed E-state index contributed by atoms with van der Waals surface area (Å²) in [6.45, 7) is -0.215. The van der Waals surface area contributed by atoms with Gasteiger partial charge in [-0.05, 0) is 40.5 Å². The van der Waals surface area contributed by atoms with Gasteiger partial charge >= 0.3 is 5.97 Å². The standard InChI is InChI=1S/C42H39N3O7/c46-26-32(28-13-3-1-4-14-28)45-38-40(49)44(31-21-20-27-12-7-8-17-30(27)24-31)23-11-22-42(38)37(39(45)48)36-33(52-42)18-9-10-19-35(47)43-25-34(51-41(36)50)29-15-5-2-6-16-29/h1-9,11-18,20-22,24,32-34,36-38,46H,10,19,23,25-26H2,(H,43,47)/b18-9-/t32-,33-,34+,36+,37+,38-,42+/m1/s1. The lowest BCUT2D eigenvalue weighted by Crippen LogP contribution is -2.56. The minimum Gasteiger partial charge on any atom is -0.455 e. The second-order valence-corrected chi connectivity index (χ2v) is 13.7. The number of hydrogen-bond acceptors (Lipinski definition) is 7. The molecule has 0 bridgehead atoms. The molecular formula is C42H39N3O7. The number of esters is 1. The Morgan fingerprint density at radius 3 is 2.35 bits per heavy atom. The Morgan fingerprint density at radius 1 is 0.846 bits per heavy atom. The van der Waals surface area contributed by atoms with Crippen LogP contribution in [0.1, 0.15) is 36.1 Å². The van der Waals surface area contributed by atoms with E-state index in [2.05, 4.69) is 5.32 Å². The Balaban J connectivity index is 1.25. The normalized spacial score (nSPS) is 28.8. The molecule has 2 fully saturated rings. The molecule has 4 aliphatic rings. The molecule has 52 heavy (non-hydrogen) atoms. The zero-order chi connectivity index (χ0) is 35.8. The fourth-order valence-electron chi connectivity index (χ4n) is 8.29. The van der Waals surface area contributed by atoms with Gasteiger partial charge in [0, 0.05) is 18.7 Å². The van der Waals surface area contributed by atoms with Gasteiger partial charge in [0.25, 0.3) is 5.91 Å². The summed E-state index contributed by atoms with van der Waals surface area (Å²) in [5.41, 5.74) is 0.403. The number of nitrogens with zero attached hydrogens (tertiary/aromatic N) is 2. The number of nitrogens with one attached hydrogen (secondary N) is 1. The van der Waals surface area contributed by atoms with E-state index >= 15 is 9.59 Å². The van der Waals surface area contributed by atoms with Crippen LogP contribution >= 0.6 is 0 Å². The Labute approximate surface area is 301 Å². The summed E-state index contributed by atoms with van der Waals surface area (Å²) < 4.78 is 13.1. The van der Waals surface area contributed by atoms with E-state index in [1.54, 1.807) is 23.1 Å². The lowest BCUT2D eigenvalue weighted by Gasteiger charge is -2.38. The zero-order valence-corrected chi connectivity index (χ0v) is 28.4. The smallest absolute Gasteiger partial charge is 0.313 e.